The van der Waals surface area contributed by atoms with Crippen LogP contribution in [-0.4, -0.2) is 6.03 Å². The largest absolute Gasteiger partial charge is 0.331 e. The molecule has 2 aromatic rings. The Bertz CT molecular complexity index is 540. The second-order valence-corrected chi connectivity index (χ2v) is 4.24. The number of para-hydroxylation sites is 1. The minimum atomic E-state index is -0.289. The Balaban J connectivity index is 1.93. The van der Waals surface area contributed by atoms with Crippen LogP contribution in [-0.2, 0) is 0 Å². The van der Waals surface area contributed by atoms with Gasteiger partial charge in [-0.1, -0.05) is 30.3 Å². The monoisotopic (exact) mass is 258 g/mol. The number of carbonyl (C=O) groups is 1. The zero-order valence-electron chi connectivity index (χ0n) is 10.6. The third kappa shape index (κ3) is 3.81. The summed E-state index contributed by atoms with van der Waals surface area (Å²) in [4.78, 5) is 11.8. The minimum Gasteiger partial charge on any atom is -0.331 e. The molecule has 98 valence electrons. The molecule has 0 saturated carbocycles. The first-order valence-electron chi connectivity index (χ1n) is 6.03. The fraction of sp³-hybridized carbons (Fsp3) is 0.133. The smallest absolute Gasteiger partial charge is 0.319 e. The van der Waals surface area contributed by atoms with E-state index in [2.05, 4.69) is 10.6 Å². The summed E-state index contributed by atoms with van der Waals surface area (Å²) in [6.07, 6.45) is 0. The molecule has 0 aliphatic heterocycles. The molecule has 0 bridgehead atoms. The molecule has 1 atom stereocenters. The van der Waals surface area contributed by atoms with Gasteiger partial charge in [-0.25, -0.2) is 9.18 Å². The van der Waals surface area contributed by atoms with Crippen molar-refractivity contribution in [1.82, 2.24) is 5.32 Å². The van der Waals surface area contributed by atoms with E-state index in [9.17, 15) is 9.18 Å². The first-order valence-corrected chi connectivity index (χ1v) is 6.03. The molecule has 4 heteroatoms. The lowest BCUT2D eigenvalue weighted by atomic mass is 10.1. The fourth-order valence-corrected chi connectivity index (χ4v) is 1.72. The molecule has 2 amide bonds. The van der Waals surface area contributed by atoms with Gasteiger partial charge in [0.2, 0.25) is 0 Å². The molecule has 0 spiro atoms. The highest BCUT2D eigenvalue weighted by Gasteiger charge is 2.09. The fourth-order valence-electron chi connectivity index (χ4n) is 1.72. The van der Waals surface area contributed by atoms with Gasteiger partial charge in [0.25, 0.3) is 0 Å². The van der Waals surface area contributed by atoms with E-state index in [1.165, 1.54) is 12.1 Å². The number of anilines is 1. The van der Waals surface area contributed by atoms with E-state index in [4.69, 9.17) is 0 Å². The lowest BCUT2D eigenvalue weighted by molar-refractivity contribution is 0.249. The summed E-state index contributed by atoms with van der Waals surface area (Å²) >= 11 is 0. The van der Waals surface area contributed by atoms with E-state index in [1.807, 2.05) is 37.3 Å². The van der Waals surface area contributed by atoms with Crippen molar-refractivity contribution in [2.45, 2.75) is 13.0 Å². The highest BCUT2D eigenvalue weighted by molar-refractivity contribution is 5.89. The van der Waals surface area contributed by atoms with Crippen LogP contribution >= 0.6 is 0 Å². The third-order valence-corrected chi connectivity index (χ3v) is 2.75. The van der Waals surface area contributed by atoms with Crippen molar-refractivity contribution in [3.05, 3.63) is 66.0 Å². The molecule has 2 N–H and O–H groups in total. The van der Waals surface area contributed by atoms with Crippen molar-refractivity contribution in [3.8, 4) is 0 Å². The topological polar surface area (TPSA) is 41.1 Å². The molecule has 2 aromatic carbocycles. The van der Waals surface area contributed by atoms with Crippen LogP contribution in [0.1, 0.15) is 18.5 Å². The summed E-state index contributed by atoms with van der Waals surface area (Å²) < 4.78 is 12.8. The van der Waals surface area contributed by atoms with Gasteiger partial charge in [0.1, 0.15) is 5.82 Å². The Morgan fingerprint density at radius 2 is 1.68 bits per heavy atom. The standard InChI is InChI=1S/C15H15FN2O/c1-11(12-7-9-13(16)10-8-12)17-15(19)18-14-5-3-2-4-6-14/h2-11H,1H3,(H2,17,18,19)/t11-/m0/s1. The molecule has 0 saturated heterocycles. The normalized spacial score (nSPS) is 11.7. The van der Waals surface area contributed by atoms with Gasteiger partial charge < -0.3 is 10.6 Å². The summed E-state index contributed by atoms with van der Waals surface area (Å²) in [6.45, 7) is 1.85. The van der Waals surface area contributed by atoms with Crippen molar-refractivity contribution >= 4 is 11.7 Å². The van der Waals surface area contributed by atoms with Crippen molar-refractivity contribution in [2.75, 3.05) is 5.32 Å². The lowest BCUT2D eigenvalue weighted by Gasteiger charge is -2.15. The number of urea groups is 1. The number of hydrogen-bond donors (Lipinski definition) is 2. The van der Waals surface area contributed by atoms with Gasteiger partial charge in [0.15, 0.2) is 0 Å². The summed E-state index contributed by atoms with van der Waals surface area (Å²) in [5.41, 5.74) is 1.58. The van der Waals surface area contributed by atoms with Crippen LogP contribution in [0, 0.1) is 5.82 Å². The highest BCUT2D eigenvalue weighted by atomic mass is 19.1. The average molecular weight is 258 g/mol. The molecule has 19 heavy (non-hydrogen) atoms. The Labute approximate surface area is 111 Å². The molecular weight excluding hydrogens is 243 g/mol. The quantitative estimate of drug-likeness (QED) is 0.865. The van der Waals surface area contributed by atoms with Crippen molar-refractivity contribution < 1.29 is 9.18 Å². The van der Waals surface area contributed by atoms with Crippen LogP contribution in [0.15, 0.2) is 54.6 Å². The summed E-state index contributed by atoms with van der Waals surface area (Å²) in [6, 6.07) is 14.8. The van der Waals surface area contributed by atoms with E-state index < -0.39 is 0 Å². The van der Waals surface area contributed by atoms with Crippen LogP contribution in [0.25, 0.3) is 0 Å². The SMILES string of the molecule is C[C@H](NC(=O)Nc1ccccc1)c1ccc(F)cc1. The molecule has 0 aliphatic carbocycles. The van der Waals surface area contributed by atoms with Crippen LogP contribution in [0.2, 0.25) is 0 Å². The van der Waals surface area contributed by atoms with Crippen molar-refractivity contribution in [1.29, 1.82) is 0 Å². The van der Waals surface area contributed by atoms with Crippen molar-refractivity contribution in [2.24, 2.45) is 0 Å². The Morgan fingerprint density at radius 1 is 1.05 bits per heavy atom. The van der Waals surface area contributed by atoms with E-state index >= 15 is 0 Å². The number of halogens is 1. The van der Waals surface area contributed by atoms with Gasteiger partial charge in [-0.15, -0.1) is 0 Å². The van der Waals surface area contributed by atoms with Gasteiger partial charge in [0.05, 0.1) is 6.04 Å². The number of carbonyl (C=O) groups excluding carboxylic acids is 1. The molecule has 0 heterocycles. The molecule has 0 unspecified atom stereocenters. The Kier molecular flexibility index (Phi) is 4.13. The third-order valence-electron chi connectivity index (χ3n) is 2.75. The summed E-state index contributed by atoms with van der Waals surface area (Å²) in [5.74, 6) is -0.287. The second kappa shape index (κ2) is 6.00. The number of hydrogen-bond acceptors (Lipinski definition) is 1. The molecule has 0 radical (unpaired) electrons. The highest BCUT2D eigenvalue weighted by Crippen LogP contribution is 2.13. The van der Waals surface area contributed by atoms with Crippen molar-refractivity contribution in [3.63, 3.8) is 0 Å². The predicted molar refractivity (Wildman–Crippen MR) is 73.4 cm³/mol. The zero-order chi connectivity index (χ0) is 13.7. The maximum atomic E-state index is 12.8. The van der Waals surface area contributed by atoms with Crippen LogP contribution in [0.3, 0.4) is 0 Å². The van der Waals surface area contributed by atoms with E-state index in [0.717, 1.165) is 11.3 Å². The minimum absolute atomic E-state index is 0.190. The molecule has 3 nitrogen and oxygen atoms in total. The maximum absolute atomic E-state index is 12.8. The molecule has 0 aliphatic rings. The average Bonchev–Trinajstić information content (AvgIpc) is 2.40. The number of benzene rings is 2. The predicted octanol–water partition coefficient (Wildman–Crippen LogP) is 3.71. The van der Waals surface area contributed by atoms with Gasteiger partial charge in [-0.2, -0.15) is 0 Å². The Morgan fingerprint density at radius 3 is 2.32 bits per heavy atom. The van der Waals surface area contributed by atoms with Gasteiger partial charge in [-0.3, -0.25) is 0 Å². The summed E-state index contributed by atoms with van der Waals surface area (Å²) in [5, 5.41) is 5.52. The van der Waals surface area contributed by atoms with E-state index in [1.54, 1.807) is 12.1 Å². The molecule has 0 fully saturated rings. The Hall–Kier alpha value is -2.36. The number of nitrogens with one attached hydrogen (secondary N) is 2. The molecule has 2 rings (SSSR count). The molecular formula is C15H15FN2O. The van der Waals surface area contributed by atoms with Gasteiger partial charge >= 0.3 is 6.03 Å². The van der Waals surface area contributed by atoms with Gasteiger partial charge in [-0.05, 0) is 36.8 Å². The van der Waals surface area contributed by atoms with Crippen LogP contribution in [0.5, 0.6) is 0 Å². The number of rotatable bonds is 3. The zero-order valence-corrected chi connectivity index (χ0v) is 10.6. The van der Waals surface area contributed by atoms with Gasteiger partial charge in [0, 0.05) is 5.69 Å². The maximum Gasteiger partial charge on any atom is 0.319 e. The first kappa shape index (κ1) is 13.1. The van der Waals surface area contributed by atoms with E-state index in [-0.39, 0.29) is 17.9 Å². The first-order chi connectivity index (χ1) is 9.15. The lowest BCUT2D eigenvalue weighted by Crippen LogP contribution is -2.31. The molecule has 0 aromatic heterocycles. The van der Waals surface area contributed by atoms with Crippen LogP contribution in [0.4, 0.5) is 14.9 Å². The second-order valence-electron chi connectivity index (χ2n) is 4.24. The van der Waals surface area contributed by atoms with Crippen LogP contribution < -0.4 is 10.6 Å². The van der Waals surface area contributed by atoms with E-state index in [0.29, 0.717) is 0 Å². The summed E-state index contributed by atoms with van der Waals surface area (Å²) in [7, 11) is 0. The number of amides is 2.